The zero-order valence-electron chi connectivity index (χ0n) is 14.5. The number of ether oxygens (including phenoxy) is 1. The number of amides is 1. The van der Waals surface area contributed by atoms with E-state index in [1.165, 1.54) is 11.3 Å². The van der Waals surface area contributed by atoms with Crippen LogP contribution in [0.2, 0.25) is 0 Å². The second-order valence-electron chi connectivity index (χ2n) is 5.86. The summed E-state index contributed by atoms with van der Waals surface area (Å²) in [4.78, 5) is 19.2. The number of hydrogen-bond acceptors (Lipinski definition) is 4. The Labute approximate surface area is 151 Å². The van der Waals surface area contributed by atoms with E-state index < -0.39 is 6.10 Å². The lowest BCUT2D eigenvalue weighted by molar-refractivity contribution is -0.123. The molecule has 3 aromatic rings. The number of aryl methyl sites for hydroxylation is 2. The standard InChI is InChI=1S/C20H20N2O2S/c1-14-8-7-11-18(12-14)24-16(3)19(23)22(17-9-5-4-6-10-17)20-21-15(2)13-25-20/h4-13,16H,1-3H3/t16-/m0/s1. The van der Waals surface area contributed by atoms with E-state index in [2.05, 4.69) is 4.98 Å². The minimum Gasteiger partial charge on any atom is -0.481 e. The summed E-state index contributed by atoms with van der Waals surface area (Å²) in [6.45, 7) is 5.68. The van der Waals surface area contributed by atoms with E-state index in [1.54, 1.807) is 11.8 Å². The van der Waals surface area contributed by atoms with Gasteiger partial charge in [0, 0.05) is 5.38 Å². The lowest BCUT2D eigenvalue weighted by atomic mass is 10.2. The summed E-state index contributed by atoms with van der Waals surface area (Å²) in [6, 6.07) is 17.2. The SMILES string of the molecule is Cc1cccc(O[C@@H](C)C(=O)N(c2ccccc2)c2nc(C)cs2)c1. The van der Waals surface area contributed by atoms with Gasteiger partial charge in [0.25, 0.3) is 5.91 Å². The molecule has 3 rings (SSSR count). The molecule has 0 fully saturated rings. The average Bonchev–Trinajstić information content (AvgIpc) is 3.02. The first-order valence-corrected chi connectivity index (χ1v) is 8.97. The summed E-state index contributed by atoms with van der Waals surface area (Å²) < 4.78 is 5.87. The van der Waals surface area contributed by atoms with E-state index in [9.17, 15) is 4.79 Å². The van der Waals surface area contributed by atoms with Crippen molar-refractivity contribution < 1.29 is 9.53 Å². The van der Waals surface area contributed by atoms with E-state index in [1.807, 2.05) is 73.8 Å². The van der Waals surface area contributed by atoms with Gasteiger partial charge in [0.15, 0.2) is 11.2 Å². The molecule has 2 aromatic carbocycles. The molecule has 1 amide bonds. The molecule has 25 heavy (non-hydrogen) atoms. The molecule has 0 aliphatic heterocycles. The van der Waals surface area contributed by atoms with Crippen LogP contribution in [-0.4, -0.2) is 17.0 Å². The first kappa shape index (κ1) is 17.2. The van der Waals surface area contributed by atoms with E-state index in [-0.39, 0.29) is 5.91 Å². The number of carbonyl (C=O) groups excluding carboxylic acids is 1. The smallest absolute Gasteiger partial charge is 0.274 e. The Morgan fingerprint density at radius 2 is 1.88 bits per heavy atom. The molecule has 1 atom stereocenters. The normalized spacial score (nSPS) is 11.8. The summed E-state index contributed by atoms with van der Waals surface area (Å²) in [5.74, 6) is 0.534. The van der Waals surface area contributed by atoms with E-state index in [0.717, 1.165) is 16.9 Å². The summed E-state index contributed by atoms with van der Waals surface area (Å²) in [7, 11) is 0. The molecule has 0 radical (unpaired) electrons. The van der Waals surface area contributed by atoms with Crippen LogP contribution < -0.4 is 9.64 Å². The first-order chi connectivity index (χ1) is 12.0. The predicted molar refractivity (Wildman–Crippen MR) is 102 cm³/mol. The Morgan fingerprint density at radius 1 is 1.12 bits per heavy atom. The lowest BCUT2D eigenvalue weighted by Gasteiger charge is -2.24. The number of carbonyl (C=O) groups is 1. The summed E-state index contributed by atoms with van der Waals surface area (Å²) in [6.07, 6.45) is -0.633. The molecule has 0 aliphatic rings. The molecule has 5 heteroatoms. The van der Waals surface area contributed by atoms with E-state index in [0.29, 0.717) is 10.9 Å². The second kappa shape index (κ2) is 7.49. The number of benzene rings is 2. The third kappa shape index (κ3) is 4.06. The Hall–Kier alpha value is -2.66. The molecule has 0 saturated carbocycles. The zero-order chi connectivity index (χ0) is 17.8. The van der Waals surface area contributed by atoms with Crippen molar-refractivity contribution in [2.24, 2.45) is 0 Å². The highest BCUT2D eigenvalue weighted by atomic mass is 32.1. The largest absolute Gasteiger partial charge is 0.481 e. The highest BCUT2D eigenvalue weighted by Crippen LogP contribution is 2.29. The fourth-order valence-corrected chi connectivity index (χ4v) is 3.30. The third-order valence-electron chi connectivity index (χ3n) is 3.68. The maximum Gasteiger partial charge on any atom is 0.274 e. The maximum atomic E-state index is 13.1. The first-order valence-electron chi connectivity index (χ1n) is 8.09. The van der Waals surface area contributed by atoms with Crippen molar-refractivity contribution in [3.05, 3.63) is 71.2 Å². The summed E-state index contributed by atoms with van der Waals surface area (Å²) in [5, 5.41) is 2.58. The van der Waals surface area contributed by atoms with Gasteiger partial charge in [-0.3, -0.25) is 9.69 Å². The number of rotatable bonds is 5. The van der Waals surface area contributed by atoms with Gasteiger partial charge in [-0.25, -0.2) is 4.98 Å². The lowest BCUT2D eigenvalue weighted by Crippen LogP contribution is -2.37. The Bertz CT molecular complexity index is 861. The molecule has 0 aliphatic carbocycles. The fourth-order valence-electron chi connectivity index (χ4n) is 2.48. The van der Waals surface area contributed by atoms with Crippen LogP contribution in [0.5, 0.6) is 5.75 Å². The Morgan fingerprint density at radius 3 is 2.52 bits per heavy atom. The molecule has 0 spiro atoms. The van der Waals surface area contributed by atoms with Crippen LogP contribution in [0.25, 0.3) is 0 Å². The van der Waals surface area contributed by atoms with Crippen LogP contribution in [-0.2, 0) is 4.79 Å². The molecule has 1 aromatic heterocycles. The molecule has 0 saturated heterocycles. The van der Waals surface area contributed by atoms with Gasteiger partial charge >= 0.3 is 0 Å². The number of hydrogen-bond donors (Lipinski definition) is 0. The second-order valence-corrected chi connectivity index (χ2v) is 6.69. The summed E-state index contributed by atoms with van der Waals surface area (Å²) >= 11 is 1.45. The highest BCUT2D eigenvalue weighted by Gasteiger charge is 2.27. The topological polar surface area (TPSA) is 42.4 Å². The van der Waals surface area contributed by atoms with Gasteiger partial charge in [-0.2, -0.15) is 0 Å². The third-order valence-corrected chi connectivity index (χ3v) is 4.63. The van der Waals surface area contributed by atoms with Gasteiger partial charge in [0.05, 0.1) is 11.4 Å². The van der Waals surface area contributed by atoms with E-state index in [4.69, 9.17) is 4.74 Å². The average molecular weight is 352 g/mol. The van der Waals surface area contributed by atoms with Crippen molar-refractivity contribution >= 4 is 28.1 Å². The van der Waals surface area contributed by atoms with Gasteiger partial charge < -0.3 is 4.74 Å². The van der Waals surface area contributed by atoms with Gasteiger partial charge in [-0.05, 0) is 50.6 Å². The van der Waals surface area contributed by atoms with Gasteiger partial charge in [-0.15, -0.1) is 11.3 Å². The Kier molecular flexibility index (Phi) is 5.14. The van der Waals surface area contributed by atoms with Crippen LogP contribution in [0.1, 0.15) is 18.2 Å². The van der Waals surface area contributed by atoms with Crippen molar-refractivity contribution in [1.29, 1.82) is 0 Å². The van der Waals surface area contributed by atoms with E-state index >= 15 is 0 Å². The minimum atomic E-state index is -0.633. The monoisotopic (exact) mass is 352 g/mol. The molecular formula is C20H20N2O2S. The van der Waals surface area contributed by atoms with Crippen molar-refractivity contribution in [1.82, 2.24) is 4.98 Å². The van der Waals surface area contributed by atoms with Crippen molar-refractivity contribution in [3.8, 4) is 5.75 Å². The quantitative estimate of drug-likeness (QED) is 0.656. The Balaban J connectivity index is 1.88. The van der Waals surface area contributed by atoms with Gasteiger partial charge in [0.1, 0.15) is 5.75 Å². The number of thiazole rings is 1. The van der Waals surface area contributed by atoms with Gasteiger partial charge in [-0.1, -0.05) is 30.3 Å². The van der Waals surface area contributed by atoms with Crippen LogP contribution in [0.3, 0.4) is 0 Å². The number of anilines is 2. The van der Waals surface area contributed by atoms with Crippen molar-refractivity contribution in [3.63, 3.8) is 0 Å². The van der Waals surface area contributed by atoms with Gasteiger partial charge in [0.2, 0.25) is 0 Å². The maximum absolute atomic E-state index is 13.1. The number of aromatic nitrogens is 1. The number of para-hydroxylation sites is 1. The van der Waals surface area contributed by atoms with Crippen molar-refractivity contribution in [2.75, 3.05) is 4.90 Å². The summed E-state index contributed by atoms with van der Waals surface area (Å²) in [5.41, 5.74) is 2.76. The van der Waals surface area contributed by atoms with Crippen LogP contribution in [0, 0.1) is 13.8 Å². The molecule has 128 valence electrons. The fraction of sp³-hybridized carbons (Fsp3) is 0.200. The predicted octanol–water partition coefficient (Wildman–Crippen LogP) is 4.89. The van der Waals surface area contributed by atoms with Crippen LogP contribution >= 0.6 is 11.3 Å². The molecule has 0 bridgehead atoms. The molecule has 0 unspecified atom stereocenters. The minimum absolute atomic E-state index is 0.151. The molecular weight excluding hydrogens is 332 g/mol. The van der Waals surface area contributed by atoms with Crippen LogP contribution in [0.4, 0.5) is 10.8 Å². The molecule has 0 N–H and O–H groups in total. The number of nitrogens with zero attached hydrogens (tertiary/aromatic N) is 2. The highest BCUT2D eigenvalue weighted by molar-refractivity contribution is 7.14. The zero-order valence-corrected chi connectivity index (χ0v) is 15.3. The van der Waals surface area contributed by atoms with Crippen molar-refractivity contribution in [2.45, 2.75) is 26.9 Å². The van der Waals surface area contributed by atoms with Crippen LogP contribution in [0.15, 0.2) is 60.0 Å². The molecule has 4 nitrogen and oxygen atoms in total. The molecule has 1 heterocycles.